The number of phenolic OH excluding ortho intramolecular Hbond substituents is 1. The second-order valence-corrected chi connectivity index (χ2v) is 5.61. The lowest BCUT2D eigenvalue weighted by Crippen LogP contribution is -2.43. The van der Waals surface area contributed by atoms with Crippen LogP contribution in [0.25, 0.3) is 11.1 Å². The Morgan fingerprint density at radius 3 is 2.80 bits per heavy atom. The number of oxazole rings is 1. The Morgan fingerprint density at radius 2 is 2.10 bits per heavy atom. The van der Waals surface area contributed by atoms with Gasteiger partial charge in [0.05, 0.1) is 9.09 Å². The summed E-state index contributed by atoms with van der Waals surface area (Å²) in [6.45, 7) is 0. The Morgan fingerprint density at radius 1 is 1.35 bits per heavy atom. The maximum atomic E-state index is 11.9. The van der Waals surface area contributed by atoms with Crippen molar-refractivity contribution in [1.82, 2.24) is 9.88 Å². The first-order chi connectivity index (χ1) is 9.49. The van der Waals surface area contributed by atoms with E-state index in [1.165, 1.54) is 4.57 Å². The maximum Gasteiger partial charge on any atom is 0.420 e. The summed E-state index contributed by atoms with van der Waals surface area (Å²) in [5.74, 6) is -1.76. The van der Waals surface area contributed by atoms with Gasteiger partial charge in [-0.1, -0.05) is 0 Å². The van der Waals surface area contributed by atoms with E-state index in [-0.39, 0.29) is 30.1 Å². The number of amides is 2. The van der Waals surface area contributed by atoms with E-state index in [2.05, 4.69) is 5.32 Å². The van der Waals surface area contributed by atoms with Gasteiger partial charge in [-0.05, 0) is 41.1 Å². The highest BCUT2D eigenvalue weighted by Gasteiger charge is 2.31. The molecule has 0 radical (unpaired) electrons. The van der Waals surface area contributed by atoms with Crippen molar-refractivity contribution in [2.45, 2.75) is 18.9 Å². The second-order valence-electron chi connectivity index (χ2n) is 4.45. The molecular formula is C12H9IN2O5. The Balaban J connectivity index is 2.19. The maximum absolute atomic E-state index is 11.9. The molecule has 0 saturated carbocycles. The SMILES string of the molecule is O=C1CCC(n2c(=O)oc3c(O)c(I)ccc32)C(=O)N1. The van der Waals surface area contributed by atoms with Gasteiger partial charge in [0.25, 0.3) is 0 Å². The monoisotopic (exact) mass is 388 g/mol. The molecule has 2 aromatic rings. The number of aromatic nitrogens is 1. The van der Waals surface area contributed by atoms with Gasteiger partial charge in [0, 0.05) is 6.42 Å². The number of rotatable bonds is 1. The van der Waals surface area contributed by atoms with Crippen molar-refractivity contribution in [2.75, 3.05) is 0 Å². The van der Waals surface area contributed by atoms with E-state index < -0.39 is 17.7 Å². The van der Waals surface area contributed by atoms with E-state index in [0.717, 1.165) is 0 Å². The number of benzene rings is 1. The van der Waals surface area contributed by atoms with E-state index in [4.69, 9.17) is 4.42 Å². The number of hydrogen-bond donors (Lipinski definition) is 2. The number of hydrogen-bond acceptors (Lipinski definition) is 5. The molecule has 1 atom stereocenters. The van der Waals surface area contributed by atoms with Gasteiger partial charge < -0.3 is 9.52 Å². The van der Waals surface area contributed by atoms with Crippen molar-refractivity contribution < 1.29 is 19.1 Å². The van der Waals surface area contributed by atoms with Crippen molar-refractivity contribution in [3.05, 3.63) is 26.3 Å². The fraction of sp³-hybridized carbons (Fsp3) is 0.250. The fourth-order valence-corrected chi connectivity index (χ4v) is 2.71. The van der Waals surface area contributed by atoms with Crippen LogP contribution in [0.3, 0.4) is 0 Å². The largest absolute Gasteiger partial charge is 0.503 e. The number of imide groups is 1. The summed E-state index contributed by atoms with van der Waals surface area (Å²) >= 11 is 1.91. The number of halogens is 1. The topological polar surface area (TPSA) is 102 Å². The number of carbonyl (C=O) groups excluding carboxylic acids is 2. The smallest absolute Gasteiger partial charge is 0.420 e. The minimum Gasteiger partial charge on any atom is -0.503 e. The zero-order valence-electron chi connectivity index (χ0n) is 10.1. The van der Waals surface area contributed by atoms with Crippen LogP contribution in [-0.4, -0.2) is 21.5 Å². The molecule has 3 rings (SSSR count). The molecule has 1 aromatic heterocycles. The van der Waals surface area contributed by atoms with E-state index in [1.54, 1.807) is 12.1 Å². The number of nitrogens with zero attached hydrogens (tertiary/aromatic N) is 1. The van der Waals surface area contributed by atoms with E-state index in [9.17, 15) is 19.5 Å². The van der Waals surface area contributed by atoms with Crippen LogP contribution >= 0.6 is 22.6 Å². The van der Waals surface area contributed by atoms with Crippen LogP contribution in [0, 0.1) is 3.57 Å². The average molecular weight is 388 g/mol. The Hall–Kier alpha value is -1.84. The highest BCUT2D eigenvalue weighted by Crippen LogP contribution is 2.31. The first-order valence-corrected chi connectivity index (χ1v) is 6.93. The highest BCUT2D eigenvalue weighted by molar-refractivity contribution is 14.1. The van der Waals surface area contributed by atoms with Crippen LogP contribution in [0.15, 0.2) is 21.3 Å². The molecular weight excluding hydrogens is 379 g/mol. The van der Waals surface area contributed by atoms with Crippen LogP contribution in [0.5, 0.6) is 5.75 Å². The predicted octanol–water partition coefficient (Wildman–Crippen LogP) is 0.882. The summed E-state index contributed by atoms with van der Waals surface area (Å²) in [4.78, 5) is 35.0. The third-order valence-corrected chi connectivity index (χ3v) is 4.10. The van der Waals surface area contributed by atoms with Gasteiger partial charge in [0.15, 0.2) is 11.3 Å². The number of phenols is 1. The predicted molar refractivity (Wildman–Crippen MR) is 76.3 cm³/mol. The summed E-state index contributed by atoms with van der Waals surface area (Å²) < 4.78 is 6.74. The van der Waals surface area contributed by atoms with Gasteiger partial charge in [-0.25, -0.2) is 4.79 Å². The van der Waals surface area contributed by atoms with Gasteiger partial charge in [-0.3, -0.25) is 19.5 Å². The molecule has 0 aliphatic carbocycles. The molecule has 2 heterocycles. The van der Waals surface area contributed by atoms with Gasteiger partial charge >= 0.3 is 5.76 Å². The van der Waals surface area contributed by atoms with Crippen LogP contribution in [0.2, 0.25) is 0 Å². The Bertz CT molecular complexity index is 791. The van der Waals surface area contributed by atoms with Crippen molar-refractivity contribution in [3.8, 4) is 5.75 Å². The minimum absolute atomic E-state index is 0.0478. The first kappa shape index (κ1) is 13.2. The lowest BCUT2D eigenvalue weighted by atomic mass is 10.1. The zero-order chi connectivity index (χ0) is 14.4. The molecule has 1 aliphatic heterocycles. The minimum atomic E-state index is -0.805. The van der Waals surface area contributed by atoms with E-state index >= 15 is 0 Å². The van der Waals surface area contributed by atoms with E-state index in [1.807, 2.05) is 22.6 Å². The molecule has 104 valence electrons. The number of nitrogens with one attached hydrogen (secondary N) is 1. The summed E-state index contributed by atoms with van der Waals surface area (Å²) in [7, 11) is 0. The molecule has 0 spiro atoms. The normalized spacial score (nSPS) is 19.4. The Kier molecular flexibility index (Phi) is 3.04. The Labute approximate surface area is 125 Å². The van der Waals surface area contributed by atoms with Crippen molar-refractivity contribution in [1.29, 1.82) is 0 Å². The van der Waals surface area contributed by atoms with Gasteiger partial charge in [-0.15, -0.1) is 0 Å². The lowest BCUT2D eigenvalue weighted by Gasteiger charge is -2.21. The lowest BCUT2D eigenvalue weighted by molar-refractivity contribution is -0.135. The van der Waals surface area contributed by atoms with Crippen LogP contribution in [0.4, 0.5) is 0 Å². The van der Waals surface area contributed by atoms with Gasteiger partial charge in [0.1, 0.15) is 6.04 Å². The molecule has 0 bridgehead atoms. The molecule has 1 saturated heterocycles. The third kappa shape index (κ3) is 1.90. The molecule has 7 nitrogen and oxygen atoms in total. The number of aromatic hydroxyl groups is 1. The van der Waals surface area contributed by atoms with Gasteiger partial charge in [-0.2, -0.15) is 0 Å². The van der Waals surface area contributed by atoms with Crippen LogP contribution < -0.4 is 11.1 Å². The molecule has 1 unspecified atom stereocenters. The molecule has 1 aromatic carbocycles. The van der Waals surface area contributed by atoms with Crippen LogP contribution in [-0.2, 0) is 9.59 Å². The van der Waals surface area contributed by atoms with Crippen molar-refractivity contribution in [3.63, 3.8) is 0 Å². The zero-order valence-corrected chi connectivity index (χ0v) is 12.2. The van der Waals surface area contributed by atoms with Crippen molar-refractivity contribution in [2.24, 2.45) is 0 Å². The number of piperidine rings is 1. The summed E-state index contributed by atoms with van der Waals surface area (Å²) in [6.07, 6.45) is 0.387. The average Bonchev–Trinajstić information content (AvgIpc) is 2.72. The number of carbonyl (C=O) groups is 2. The summed E-state index contributed by atoms with van der Waals surface area (Å²) in [6, 6.07) is 2.42. The van der Waals surface area contributed by atoms with Gasteiger partial charge in [0.2, 0.25) is 11.8 Å². The molecule has 1 aliphatic rings. The standard InChI is InChI=1S/C12H9IN2O5/c13-5-1-2-6-10(9(5)17)20-12(19)15(6)7-3-4-8(16)14-11(7)18/h1-2,7,17H,3-4H2,(H,14,16,18). The molecule has 8 heteroatoms. The fourth-order valence-electron chi connectivity index (χ4n) is 2.29. The summed E-state index contributed by atoms with van der Waals surface area (Å²) in [5, 5.41) is 12.1. The highest BCUT2D eigenvalue weighted by atomic mass is 127. The quantitative estimate of drug-likeness (QED) is 0.558. The molecule has 2 amide bonds. The van der Waals surface area contributed by atoms with Crippen molar-refractivity contribution >= 4 is 45.5 Å². The third-order valence-electron chi connectivity index (χ3n) is 3.23. The number of fused-ring (bicyclic) bond motifs is 1. The second kappa shape index (κ2) is 4.62. The molecule has 2 N–H and O–H groups in total. The summed E-state index contributed by atoms with van der Waals surface area (Å²) in [5.41, 5.74) is 0.383. The first-order valence-electron chi connectivity index (χ1n) is 5.85. The van der Waals surface area contributed by atoms with E-state index in [0.29, 0.717) is 9.09 Å². The molecule has 20 heavy (non-hydrogen) atoms. The molecule has 1 fully saturated rings. The van der Waals surface area contributed by atoms with Crippen LogP contribution in [0.1, 0.15) is 18.9 Å².